The standard InChI is InChI=1S/C42H59N5O4/c1-6-26-45(5)41(49)36-22-20-34(21-23-36)32-47(33(2)3)27-14-8-11-19-40(48)44(4)30-31-46-28-24-37(25-29-46)51-42(50)43-39-18-13-12-17-38(39)35-15-9-7-10-16-35/h7,9-10,12-13,15-18,20-23,33,37H,6,8,11,14,19,24-32H2,1-5H3,(H,43,50). The number of likely N-dealkylation sites (tertiary alicyclic amines) is 1. The molecule has 1 N–H and O–H groups in total. The quantitative estimate of drug-likeness (QED) is 0.137. The number of hydrogen-bond acceptors (Lipinski definition) is 6. The highest BCUT2D eigenvalue weighted by atomic mass is 16.6. The van der Waals surface area contributed by atoms with E-state index in [0.29, 0.717) is 19.0 Å². The molecular formula is C42H59N5O4. The van der Waals surface area contributed by atoms with Crippen LogP contribution in [0.1, 0.15) is 81.6 Å². The topological polar surface area (TPSA) is 85.4 Å². The van der Waals surface area contributed by atoms with Crippen LogP contribution in [0, 0.1) is 0 Å². The molecule has 1 fully saturated rings. The number of rotatable bonds is 18. The number of carbonyl (C=O) groups excluding carboxylic acids is 3. The molecule has 0 radical (unpaired) electrons. The first-order chi connectivity index (χ1) is 24.6. The third-order valence-corrected chi connectivity index (χ3v) is 9.79. The maximum Gasteiger partial charge on any atom is 0.411 e. The van der Waals surface area contributed by atoms with Gasteiger partial charge in [0.05, 0.1) is 5.69 Å². The molecule has 1 heterocycles. The van der Waals surface area contributed by atoms with E-state index in [1.54, 1.807) is 4.90 Å². The van der Waals surface area contributed by atoms with Gasteiger partial charge in [-0.2, -0.15) is 0 Å². The zero-order chi connectivity index (χ0) is 36.6. The summed E-state index contributed by atoms with van der Waals surface area (Å²) in [5, 5.41) is 2.94. The Morgan fingerprint density at radius 3 is 2.20 bits per heavy atom. The number of piperidine rings is 1. The summed E-state index contributed by atoms with van der Waals surface area (Å²) < 4.78 is 5.79. The minimum Gasteiger partial charge on any atom is -0.446 e. The van der Waals surface area contributed by atoms with Crippen molar-refractivity contribution in [3.63, 3.8) is 0 Å². The first kappa shape index (κ1) is 39.6. The Hall–Kier alpha value is -4.21. The van der Waals surface area contributed by atoms with E-state index in [1.807, 2.05) is 85.7 Å². The van der Waals surface area contributed by atoms with Crippen LogP contribution in [0.25, 0.3) is 11.1 Å². The van der Waals surface area contributed by atoms with Gasteiger partial charge in [0.2, 0.25) is 5.91 Å². The minimum atomic E-state index is -0.422. The summed E-state index contributed by atoms with van der Waals surface area (Å²) >= 11 is 0. The molecule has 0 bridgehead atoms. The van der Waals surface area contributed by atoms with Gasteiger partial charge in [0.15, 0.2) is 0 Å². The van der Waals surface area contributed by atoms with E-state index in [-0.39, 0.29) is 17.9 Å². The molecule has 3 aromatic carbocycles. The SMILES string of the molecule is CCCN(C)C(=O)c1ccc(CN(CCCCCC(=O)N(C)CCN2CCC(OC(=O)Nc3ccccc3-c3ccccc3)CC2)C(C)C)cc1. The number of amides is 3. The Labute approximate surface area is 305 Å². The number of nitrogens with zero attached hydrogens (tertiary/aromatic N) is 4. The van der Waals surface area contributed by atoms with Crippen molar-refractivity contribution in [1.29, 1.82) is 0 Å². The predicted molar refractivity (Wildman–Crippen MR) is 207 cm³/mol. The number of likely N-dealkylation sites (N-methyl/N-ethyl adjacent to an activating group) is 1. The Kier molecular flexibility index (Phi) is 16.0. The van der Waals surface area contributed by atoms with Crippen LogP contribution in [-0.2, 0) is 16.1 Å². The van der Waals surface area contributed by atoms with Gasteiger partial charge in [-0.15, -0.1) is 0 Å². The maximum absolute atomic E-state index is 12.9. The van der Waals surface area contributed by atoms with E-state index in [9.17, 15) is 14.4 Å². The molecule has 51 heavy (non-hydrogen) atoms. The first-order valence-electron chi connectivity index (χ1n) is 18.8. The molecule has 9 nitrogen and oxygen atoms in total. The molecule has 0 saturated carbocycles. The van der Waals surface area contributed by atoms with Crippen LogP contribution in [0.4, 0.5) is 10.5 Å². The van der Waals surface area contributed by atoms with Gasteiger partial charge in [-0.05, 0) is 81.8 Å². The van der Waals surface area contributed by atoms with Gasteiger partial charge in [0, 0.05) is 77.0 Å². The summed E-state index contributed by atoms with van der Waals surface area (Å²) in [6.07, 6.45) is 5.47. The third-order valence-electron chi connectivity index (χ3n) is 9.79. The lowest BCUT2D eigenvalue weighted by Crippen LogP contribution is -2.42. The van der Waals surface area contributed by atoms with Gasteiger partial charge in [-0.3, -0.25) is 19.8 Å². The van der Waals surface area contributed by atoms with Crippen molar-refractivity contribution in [3.05, 3.63) is 90.0 Å². The number of para-hydroxylation sites is 1. The predicted octanol–water partition coefficient (Wildman–Crippen LogP) is 7.78. The van der Waals surface area contributed by atoms with Crippen molar-refractivity contribution in [1.82, 2.24) is 19.6 Å². The molecule has 0 atom stereocenters. The highest BCUT2D eigenvalue weighted by molar-refractivity contribution is 5.94. The second-order valence-electron chi connectivity index (χ2n) is 14.1. The van der Waals surface area contributed by atoms with Crippen molar-refractivity contribution >= 4 is 23.6 Å². The van der Waals surface area contributed by atoms with Crippen molar-refractivity contribution in [2.75, 3.05) is 58.7 Å². The Morgan fingerprint density at radius 1 is 0.824 bits per heavy atom. The fraction of sp³-hybridized carbons (Fsp3) is 0.500. The van der Waals surface area contributed by atoms with E-state index in [1.165, 1.54) is 5.56 Å². The molecule has 0 aliphatic carbocycles. The maximum atomic E-state index is 12.9. The van der Waals surface area contributed by atoms with E-state index in [2.05, 4.69) is 48.0 Å². The van der Waals surface area contributed by atoms with Gasteiger partial charge < -0.3 is 19.4 Å². The zero-order valence-electron chi connectivity index (χ0n) is 31.5. The molecule has 0 aromatic heterocycles. The number of carbonyl (C=O) groups is 3. The third kappa shape index (κ3) is 12.8. The molecule has 1 aliphatic rings. The fourth-order valence-corrected chi connectivity index (χ4v) is 6.54. The number of nitrogens with one attached hydrogen (secondary N) is 1. The molecule has 0 unspecified atom stereocenters. The van der Waals surface area contributed by atoms with Crippen LogP contribution in [0.5, 0.6) is 0 Å². The van der Waals surface area contributed by atoms with Gasteiger partial charge in [0.25, 0.3) is 5.91 Å². The van der Waals surface area contributed by atoms with E-state index >= 15 is 0 Å². The summed E-state index contributed by atoms with van der Waals surface area (Å²) in [6.45, 7) is 12.3. The average molecular weight is 698 g/mol. The van der Waals surface area contributed by atoms with Crippen LogP contribution in [0.2, 0.25) is 0 Å². The lowest BCUT2D eigenvalue weighted by Gasteiger charge is -2.32. The van der Waals surface area contributed by atoms with Crippen LogP contribution >= 0.6 is 0 Å². The van der Waals surface area contributed by atoms with Crippen LogP contribution in [0.15, 0.2) is 78.9 Å². The molecule has 1 saturated heterocycles. The summed E-state index contributed by atoms with van der Waals surface area (Å²) in [5.74, 6) is 0.264. The van der Waals surface area contributed by atoms with Gasteiger partial charge in [-0.25, -0.2) is 4.79 Å². The largest absolute Gasteiger partial charge is 0.446 e. The van der Waals surface area contributed by atoms with Gasteiger partial charge in [0.1, 0.15) is 6.10 Å². The van der Waals surface area contributed by atoms with Crippen molar-refractivity contribution < 1.29 is 19.1 Å². The Balaban J connectivity index is 1.08. The highest BCUT2D eigenvalue weighted by Crippen LogP contribution is 2.28. The van der Waals surface area contributed by atoms with E-state index < -0.39 is 6.09 Å². The monoisotopic (exact) mass is 697 g/mol. The summed E-state index contributed by atoms with van der Waals surface area (Å²) in [4.78, 5) is 46.6. The zero-order valence-corrected chi connectivity index (χ0v) is 31.5. The highest BCUT2D eigenvalue weighted by Gasteiger charge is 2.23. The van der Waals surface area contributed by atoms with Crippen molar-refractivity contribution in [3.8, 4) is 11.1 Å². The van der Waals surface area contributed by atoms with Crippen molar-refractivity contribution in [2.24, 2.45) is 0 Å². The van der Waals surface area contributed by atoms with E-state index in [4.69, 9.17) is 4.74 Å². The number of anilines is 1. The first-order valence-corrected chi connectivity index (χ1v) is 18.8. The molecule has 4 rings (SSSR count). The number of hydrogen-bond donors (Lipinski definition) is 1. The Morgan fingerprint density at radius 2 is 1.51 bits per heavy atom. The Bertz CT molecular complexity index is 1510. The molecular weight excluding hydrogens is 638 g/mol. The number of benzene rings is 3. The minimum absolute atomic E-state index is 0.0692. The number of unbranched alkanes of at least 4 members (excludes halogenated alkanes) is 2. The van der Waals surface area contributed by atoms with Gasteiger partial charge in [-0.1, -0.05) is 74.0 Å². The lowest BCUT2D eigenvalue weighted by atomic mass is 10.0. The van der Waals surface area contributed by atoms with Crippen LogP contribution in [0.3, 0.4) is 0 Å². The van der Waals surface area contributed by atoms with Gasteiger partial charge >= 0.3 is 6.09 Å². The molecule has 3 aromatic rings. The lowest BCUT2D eigenvalue weighted by molar-refractivity contribution is -0.130. The summed E-state index contributed by atoms with van der Waals surface area (Å²) in [6, 6.07) is 26.2. The molecule has 1 aliphatic heterocycles. The van der Waals surface area contributed by atoms with Crippen LogP contribution in [-0.4, -0.2) is 103 Å². The smallest absolute Gasteiger partial charge is 0.411 e. The molecule has 0 spiro atoms. The normalized spacial score (nSPS) is 13.7. The second kappa shape index (κ2) is 20.6. The van der Waals surface area contributed by atoms with Crippen LogP contribution < -0.4 is 5.32 Å². The second-order valence-corrected chi connectivity index (χ2v) is 14.1. The molecule has 3 amide bonds. The fourth-order valence-electron chi connectivity index (χ4n) is 6.54. The average Bonchev–Trinajstić information content (AvgIpc) is 3.14. The summed E-state index contributed by atoms with van der Waals surface area (Å²) in [7, 11) is 3.75. The summed E-state index contributed by atoms with van der Waals surface area (Å²) in [5.41, 5.74) is 4.68. The molecule has 276 valence electrons. The molecule has 9 heteroatoms. The number of ether oxygens (including phenoxy) is 1. The van der Waals surface area contributed by atoms with E-state index in [0.717, 1.165) is 100 Å². The van der Waals surface area contributed by atoms with Crippen molar-refractivity contribution in [2.45, 2.75) is 84.4 Å².